The van der Waals surface area contributed by atoms with Crippen LogP contribution in [0.5, 0.6) is 0 Å². The summed E-state index contributed by atoms with van der Waals surface area (Å²) in [7, 11) is 0. The number of hydrogen-bond donors (Lipinski definition) is 3. The summed E-state index contributed by atoms with van der Waals surface area (Å²) in [5.74, 6) is 0.207. The lowest BCUT2D eigenvalue weighted by Gasteiger charge is -2.38. The Morgan fingerprint density at radius 3 is 2.47 bits per heavy atom. The lowest BCUT2D eigenvalue weighted by Crippen LogP contribution is -2.52. The molecule has 1 saturated carbocycles. The fraction of sp³-hybridized carbons (Fsp3) is 0.909. The quantitative estimate of drug-likeness (QED) is 0.619. The van der Waals surface area contributed by atoms with Gasteiger partial charge in [0.05, 0.1) is 12.6 Å². The Labute approximate surface area is 91.2 Å². The van der Waals surface area contributed by atoms with Crippen molar-refractivity contribution in [2.24, 2.45) is 11.7 Å². The normalized spacial score (nSPS) is 20.9. The smallest absolute Gasteiger partial charge is 0.222 e. The minimum Gasteiger partial charge on any atom is -0.394 e. The second-order valence-electron chi connectivity index (χ2n) is 4.99. The molecule has 1 atom stereocenters. The van der Waals surface area contributed by atoms with Crippen molar-refractivity contribution in [3.05, 3.63) is 0 Å². The summed E-state index contributed by atoms with van der Waals surface area (Å²) in [5.41, 5.74) is 5.70. The Kier molecular flexibility index (Phi) is 4.11. The summed E-state index contributed by atoms with van der Waals surface area (Å²) in [6, 6.07) is -0.152. The van der Waals surface area contributed by atoms with Crippen LogP contribution in [0.15, 0.2) is 0 Å². The number of nitrogens with one attached hydrogen (secondary N) is 1. The van der Waals surface area contributed by atoms with Gasteiger partial charge in [0.2, 0.25) is 5.91 Å². The van der Waals surface area contributed by atoms with Gasteiger partial charge in [-0.1, -0.05) is 13.8 Å². The van der Waals surface area contributed by atoms with E-state index in [1.54, 1.807) is 0 Å². The molecule has 1 aliphatic rings. The van der Waals surface area contributed by atoms with Gasteiger partial charge >= 0.3 is 0 Å². The summed E-state index contributed by atoms with van der Waals surface area (Å²) in [6.45, 7) is 3.94. The highest BCUT2D eigenvalue weighted by Crippen LogP contribution is 2.31. The van der Waals surface area contributed by atoms with Gasteiger partial charge in [-0.05, 0) is 25.2 Å². The number of aliphatic hydroxyl groups is 1. The molecular weight excluding hydrogens is 192 g/mol. The molecule has 0 aliphatic heterocycles. The van der Waals surface area contributed by atoms with Gasteiger partial charge in [-0.25, -0.2) is 0 Å². The Bertz CT molecular complexity index is 225. The minimum atomic E-state index is -0.277. The highest BCUT2D eigenvalue weighted by molar-refractivity contribution is 5.77. The van der Waals surface area contributed by atoms with Gasteiger partial charge in [-0.15, -0.1) is 0 Å². The molecule has 1 amide bonds. The van der Waals surface area contributed by atoms with Crippen molar-refractivity contribution in [2.75, 3.05) is 6.61 Å². The van der Waals surface area contributed by atoms with Crippen molar-refractivity contribution in [3.63, 3.8) is 0 Å². The Morgan fingerprint density at radius 1 is 1.53 bits per heavy atom. The Balaban J connectivity index is 2.34. The summed E-state index contributed by atoms with van der Waals surface area (Å²) in [4.78, 5) is 11.6. The van der Waals surface area contributed by atoms with Crippen LogP contribution in [-0.4, -0.2) is 29.2 Å². The molecule has 1 aliphatic carbocycles. The number of rotatable bonds is 5. The molecule has 88 valence electrons. The van der Waals surface area contributed by atoms with E-state index in [4.69, 9.17) is 10.8 Å². The average molecular weight is 214 g/mol. The summed E-state index contributed by atoms with van der Waals surface area (Å²) in [6.07, 6.45) is 3.38. The van der Waals surface area contributed by atoms with Crippen molar-refractivity contribution >= 4 is 5.91 Å². The van der Waals surface area contributed by atoms with Gasteiger partial charge in [0.1, 0.15) is 0 Å². The number of aliphatic hydroxyl groups excluding tert-OH is 1. The highest BCUT2D eigenvalue weighted by Gasteiger charge is 2.35. The molecule has 1 fully saturated rings. The maximum Gasteiger partial charge on any atom is 0.222 e. The molecule has 15 heavy (non-hydrogen) atoms. The van der Waals surface area contributed by atoms with Crippen LogP contribution < -0.4 is 11.1 Å². The Morgan fingerprint density at radius 2 is 2.13 bits per heavy atom. The third-order valence-electron chi connectivity index (χ3n) is 3.21. The number of amides is 1. The van der Waals surface area contributed by atoms with E-state index >= 15 is 0 Å². The van der Waals surface area contributed by atoms with E-state index in [0.717, 1.165) is 19.3 Å². The predicted octanol–water partition coefficient (Wildman–Crippen LogP) is 0.391. The molecule has 0 aromatic rings. The van der Waals surface area contributed by atoms with Gasteiger partial charge < -0.3 is 16.2 Å². The standard InChI is InChI=1S/C11H22N2O2/c1-8(2)9(7-14)13-10(15)6-11(12)4-3-5-11/h8-9,14H,3-7,12H2,1-2H3,(H,13,15)/t9-/m1/s1. The van der Waals surface area contributed by atoms with E-state index < -0.39 is 0 Å². The van der Waals surface area contributed by atoms with Crippen LogP contribution in [-0.2, 0) is 4.79 Å². The second kappa shape index (κ2) is 4.94. The number of nitrogens with two attached hydrogens (primary N) is 1. The van der Waals surface area contributed by atoms with Crippen LogP contribution in [0.3, 0.4) is 0 Å². The molecule has 4 heteroatoms. The van der Waals surface area contributed by atoms with Gasteiger partial charge in [0, 0.05) is 12.0 Å². The largest absolute Gasteiger partial charge is 0.394 e. The van der Waals surface area contributed by atoms with Gasteiger partial charge in [0.25, 0.3) is 0 Å². The summed E-state index contributed by atoms with van der Waals surface area (Å²) < 4.78 is 0. The van der Waals surface area contributed by atoms with Crippen molar-refractivity contribution in [2.45, 2.75) is 51.1 Å². The van der Waals surface area contributed by atoms with E-state index in [2.05, 4.69) is 5.32 Å². The first-order valence-corrected chi connectivity index (χ1v) is 5.66. The second-order valence-corrected chi connectivity index (χ2v) is 4.99. The molecule has 1 rings (SSSR count). The molecule has 0 bridgehead atoms. The lowest BCUT2D eigenvalue weighted by atomic mass is 9.75. The maximum atomic E-state index is 11.6. The molecule has 0 heterocycles. The van der Waals surface area contributed by atoms with Crippen LogP contribution in [0.2, 0.25) is 0 Å². The molecule has 0 aromatic carbocycles. The first kappa shape index (κ1) is 12.5. The van der Waals surface area contributed by atoms with Crippen molar-refractivity contribution in [3.8, 4) is 0 Å². The monoisotopic (exact) mass is 214 g/mol. The van der Waals surface area contributed by atoms with Crippen molar-refractivity contribution in [1.29, 1.82) is 0 Å². The lowest BCUT2D eigenvalue weighted by molar-refractivity contribution is -0.124. The van der Waals surface area contributed by atoms with Gasteiger partial charge in [-0.2, -0.15) is 0 Å². The zero-order valence-corrected chi connectivity index (χ0v) is 9.62. The molecule has 0 unspecified atom stereocenters. The van der Waals surface area contributed by atoms with Crippen LogP contribution in [0, 0.1) is 5.92 Å². The first-order valence-electron chi connectivity index (χ1n) is 5.66. The molecular formula is C11H22N2O2. The third-order valence-corrected chi connectivity index (χ3v) is 3.21. The fourth-order valence-corrected chi connectivity index (χ4v) is 1.81. The average Bonchev–Trinajstić information content (AvgIpc) is 2.11. The summed E-state index contributed by atoms with van der Waals surface area (Å²) in [5, 5.41) is 11.9. The predicted molar refractivity (Wildman–Crippen MR) is 59.2 cm³/mol. The van der Waals surface area contributed by atoms with E-state index in [0.29, 0.717) is 6.42 Å². The van der Waals surface area contributed by atoms with E-state index in [9.17, 15) is 4.79 Å². The van der Waals surface area contributed by atoms with Crippen LogP contribution in [0.1, 0.15) is 39.5 Å². The van der Waals surface area contributed by atoms with Crippen molar-refractivity contribution < 1.29 is 9.90 Å². The van der Waals surface area contributed by atoms with E-state index in [1.165, 1.54) is 0 Å². The number of carbonyl (C=O) groups is 1. The third kappa shape index (κ3) is 3.47. The van der Waals surface area contributed by atoms with E-state index in [-0.39, 0.29) is 30.0 Å². The molecule has 0 saturated heterocycles. The molecule has 0 spiro atoms. The zero-order chi connectivity index (χ0) is 11.5. The number of hydrogen-bond acceptors (Lipinski definition) is 3. The van der Waals surface area contributed by atoms with Crippen LogP contribution in [0.25, 0.3) is 0 Å². The maximum absolute atomic E-state index is 11.6. The topological polar surface area (TPSA) is 75.3 Å². The molecule has 4 N–H and O–H groups in total. The SMILES string of the molecule is CC(C)[C@@H](CO)NC(=O)CC1(N)CCC1. The molecule has 4 nitrogen and oxygen atoms in total. The Hall–Kier alpha value is -0.610. The zero-order valence-electron chi connectivity index (χ0n) is 9.62. The van der Waals surface area contributed by atoms with Crippen LogP contribution >= 0.6 is 0 Å². The van der Waals surface area contributed by atoms with Crippen molar-refractivity contribution in [1.82, 2.24) is 5.32 Å². The van der Waals surface area contributed by atoms with Gasteiger partial charge in [0.15, 0.2) is 0 Å². The van der Waals surface area contributed by atoms with E-state index in [1.807, 2.05) is 13.8 Å². The summed E-state index contributed by atoms with van der Waals surface area (Å²) >= 11 is 0. The molecule has 0 radical (unpaired) electrons. The van der Waals surface area contributed by atoms with Gasteiger partial charge in [-0.3, -0.25) is 4.79 Å². The molecule has 0 aromatic heterocycles. The fourth-order valence-electron chi connectivity index (χ4n) is 1.81. The minimum absolute atomic E-state index is 0.0129. The highest BCUT2D eigenvalue weighted by atomic mass is 16.3. The first-order chi connectivity index (χ1) is 6.97. The number of carbonyl (C=O) groups excluding carboxylic acids is 1. The van der Waals surface area contributed by atoms with Crippen LogP contribution in [0.4, 0.5) is 0 Å².